The molecule has 3 heteroatoms. The van der Waals surface area contributed by atoms with Gasteiger partial charge in [0.1, 0.15) is 6.61 Å². The monoisotopic (exact) mass is 258 g/mol. The first-order valence-electron chi connectivity index (χ1n) is 6.79. The zero-order chi connectivity index (χ0) is 13.1. The predicted molar refractivity (Wildman–Crippen MR) is 74.7 cm³/mol. The normalized spacial score (nSPS) is 19.5. The molecule has 1 N–H and O–H groups in total. The van der Waals surface area contributed by atoms with Crippen LogP contribution in [0.1, 0.15) is 19.3 Å². The molecule has 1 fully saturated rings. The molecular weight excluding hydrogens is 240 g/mol. The fraction of sp³-hybridized carbons (Fsp3) is 0.375. The molecule has 0 spiro atoms. The van der Waals surface area contributed by atoms with Crippen molar-refractivity contribution in [3.05, 3.63) is 36.4 Å². The quantitative estimate of drug-likeness (QED) is 0.915. The van der Waals surface area contributed by atoms with Crippen molar-refractivity contribution < 1.29 is 14.6 Å². The van der Waals surface area contributed by atoms with Gasteiger partial charge in [-0.1, -0.05) is 24.3 Å². The summed E-state index contributed by atoms with van der Waals surface area (Å²) in [6, 6.07) is 11.5. The maximum absolute atomic E-state index is 9.97. The van der Waals surface area contributed by atoms with E-state index in [1.54, 1.807) is 6.07 Å². The van der Waals surface area contributed by atoms with Crippen molar-refractivity contribution in [3.8, 4) is 11.5 Å². The van der Waals surface area contributed by atoms with Crippen LogP contribution in [-0.4, -0.2) is 24.4 Å². The van der Waals surface area contributed by atoms with Crippen LogP contribution in [0.3, 0.4) is 0 Å². The van der Waals surface area contributed by atoms with Crippen molar-refractivity contribution in [3.63, 3.8) is 0 Å². The minimum Gasteiger partial charge on any atom is -0.504 e. The molecule has 3 nitrogen and oxygen atoms in total. The predicted octanol–water partition coefficient (Wildman–Crippen LogP) is 3.49. The Balaban J connectivity index is 1.74. The summed E-state index contributed by atoms with van der Waals surface area (Å²) >= 11 is 0. The maximum atomic E-state index is 9.97. The first kappa shape index (κ1) is 12.3. The zero-order valence-electron chi connectivity index (χ0n) is 10.8. The summed E-state index contributed by atoms with van der Waals surface area (Å²) < 4.78 is 11.3. The maximum Gasteiger partial charge on any atom is 0.161 e. The number of benzene rings is 2. The van der Waals surface area contributed by atoms with E-state index in [2.05, 4.69) is 0 Å². The highest BCUT2D eigenvalue weighted by Gasteiger charge is 2.15. The van der Waals surface area contributed by atoms with Crippen LogP contribution < -0.4 is 4.74 Å². The molecule has 1 heterocycles. The van der Waals surface area contributed by atoms with Gasteiger partial charge in [-0.15, -0.1) is 0 Å². The number of hydrogen-bond donors (Lipinski definition) is 1. The average molecular weight is 258 g/mol. The SMILES string of the molecule is Oc1cc2ccccc2cc1OCC1CCCCO1. The molecule has 1 atom stereocenters. The molecular formula is C16H18O3. The summed E-state index contributed by atoms with van der Waals surface area (Å²) in [4.78, 5) is 0. The molecule has 1 aliphatic heterocycles. The van der Waals surface area contributed by atoms with Crippen molar-refractivity contribution in [2.24, 2.45) is 0 Å². The first-order chi connectivity index (χ1) is 9.33. The molecule has 2 aromatic carbocycles. The van der Waals surface area contributed by atoms with Crippen LogP contribution in [-0.2, 0) is 4.74 Å². The molecule has 1 unspecified atom stereocenters. The Hall–Kier alpha value is -1.74. The van der Waals surface area contributed by atoms with Crippen molar-refractivity contribution in [1.29, 1.82) is 0 Å². The molecule has 3 rings (SSSR count). The lowest BCUT2D eigenvalue weighted by atomic mass is 10.1. The summed E-state index contributed by atoms with van der Waals surface area (Å²) in [6.07, 6.45) is 3.52. The van der Waals surface area contributed by atoms with Crippen LogP contribution in [0.15, 0.2) is 36.4 Å². The molecule has 100 valence electrons. The highest BCUT2D eigenvalue weighted by Crippen LogP contribution is 2.31. The van der Waals surface area contributed by atoms with Crippen LogP contribution in [0.5, 0.6) is 11.5 Å². The van der Waals surface area contributed by atoms with Crippen LogP contribution in [0, 0.1) is 0 Å². The van der Waals surface area contributed by atoms with E-state index in [0.717, 1.165) is 30.2 Å². The Bertz CT molecular complexity index is 559. The van der Waals surface area contributed by atoms with Crippen molar-refractivity contribution in [2.75, 3.05) is 13.2 Å². The fourth-order valence-corrected chi connectivity index (χ4v) is 2.44. The van der Waals surface area contributed by atoms with Crippen LogP contribution >= 0.6 is 0 Å². The van der Waals surface area contributed by atoms with E-state index in [1.807, 2.05) is 30.3 Å². The third kappa shape index (κ3) is 2.82. The number of rotatable bonds is 3. The van der Waals surface area contributed by atoms with Gasteiger partial charge in [0.25, 0.3) is 0 Å². The first-order valence-corrected chi connectivity index (χ1v) is 6.79. The van der Waals surface area contributed by atoms with Crippen molar-refractivity contribution >= 4 is 10.8 Å². The van der Waals surface area contributed by atoms with Gasteiger partial charge < -0.3 is 14.6 Å². The Labute approximate surface area is 112 Å². The summed E-state index contributed by atoms with van der Waals surface area (Å²) in [5, 5.41) is 12.1. The number of phenolic OH excluding ortho intramolecular Hbond substituents is 1. The van der Waals surface area contributed by atoms with Gasteiger partial charge in [0.2, 0.25) is 0 Å². The van der Waals surface area contributed by atoms with Gasteiger partial charge >= 0.3 is 0 Å². The highest BCUT2D eigenvalue weighted by atomic mass is 16.5. The zero-order valence-corrected chi connectivity index (χ0v) is 10.8. The second kappa shape index (κ2) is 5.49. The largest absolute Gasteiger partial charge is 0.504 e. The second-order valence-electron chi connectivity index (χ2n) is 4.97. The number of phenols is 1. The molecule has 19 heavy (non-hydrogen) atoms. The van der Waals surface area contributed by atoms with E-state index in [0.29, 0.717) is 12.4 Å². The van der Waals surface area contributed by atoms with Gasteiger partial charge in [0, 0.05) is 6.61 Å². The van der Waals surface area contributed by atoms with E-state index in [1.165, 1.54) is 6.42 Å². The molecule has 0 saturated carbocycles. The topological polar surface area (TPSA) is 38.7 Å². The lowest BCUT2D eigenvalue weighted by Crippen LogP contribution is -2.25. The molecule has 1 saturated heterocycles. The van der Waals surface area contributed by atoms with E-state index in [4.69, 9.17) is 9.47 Å². The lowest BCUT2D eigenvalue weighted by Gasteiger charge is -2.22. The Kier molecular flexibility index (Phi) is 3.56. The Morgan fingerprint density at radius 2 is 1.95 bits per heavy atom. The Morgan fingerprint density at radius 3 is 2.68 bits per heavy atom. The molecule has 2 aromatic rings. The van der Waals surface area contributed by atoms with Crippen molar-refractivity contribution in [1.82, 2.24) is 0 Å². The average Bonchev–Trinajstić information content (AvgIpc) is 2.46. The third-order valence-corrected chi connectivity index (χ3v) is 3.53. The minimum atomic E-state index is 0.152. The third-order valence-electron chi connectivity index (χ3n) is 3.53. The second-order valence-corrected chi connectivity index (χ2v) is 4.97. The molecule has 0 aromatic heterocycles. The van der Waals surface area contributed by atoms with E-state index in [9.17, 15) is 5.11 Å². The standard InChI is InChI=1S/C16H18O3/c17-15-9-12-5-1-2-6-13(12)10-16(15)19-11-14-7-3-4-8-18-14/h1-2,5-6,9-10,14,17H,3-4,7-8,11H2. The summed E-state index contributed by atoms with van der Waals surface area (Å²) in [5.41, 5.74) is 0. The van der Waals surface area contributed by atoms with E-state index < -0.39 is 0 Å². The molecule has 0 amide bonds. The van der Waals surface area contributed by atoms with Crippen LogP contribution in [0.25, 0.3) is 10.8 Å². The molecule has 0 bridgehead atoms. The highest BCUT2D eigenvalue weighted by molar-refractivity contribution is 5.85. The van der Waals surface area contributed by atoms with Gasteiger partial charge in [-0.05, 0) is 42.2 Å². The lowest BCUT2D eigenvalue weighted by molar-refractivity contribution is -0.0114. The van der Waals surface area contributed by atoms with Gasteiger partial charge in [-0.2, -0.15) is 0 Å². The van der Waals surface area contributed by atoms with Gasteiger partial charge in [-0.3, -0.25) is 0 Å². The van der Waals surface area contributed by atoms with Crippen molar-refractivity contribution in [2.45, 2.75) is 25.4 Å². The molecule has 1 aliphatic rings. The molecule has 0 radical (unpaired) electrons. The van der Waals surface area contributed by atoms with E-state index in [-0.39, 0.29) is 11.9 Å². The van der Waals surface area contributed by atoms with Gasteiger partial charge in [0.05, 0.1) is 6.10 Å². The van der Waals surface area contributed by atoms with Gasteiger partial charge in [-0.25, -0.2) is 0 Å². The number of ether oxygens (including phenoxy) is 2. The van der Waals surface area contributed by atoms with Crippen LogP contribution in [0.4, 0.5) is 0 Å². The molecule has 0 aliphatic carbocycles. The minimum absolute atomic E-state index is 0.152. The fourth-order valence-electron chi connectivity index (χ4n) is 2.44. The Morgan fingerprint density at radius 1 is 1.16 bits per heavy atom. The van der Waals surface area contributed by atoms with Gasteiger partial charge in [0.15, 0.2) is 11.5 Å². The smallest absolute Gasteiger partial charge is 0.161 e. The summed E-state index contributed by atoms with van der Waals surface area (Å²) in [6.45, 7) is 1.32. The number of hydrogen-bond acceptors (Lipinski definition) is 3. The number of fused-ring (bicyclic) bond motifs is 1. The summed E-state index contributed by atoms with van der Waals surface area (Å²) in [5.74, 6) is 0.724. The number of aromatic hydroxyl groups is 1. The van der Waals surface area contributed by atoms with E-state index >= 15 is 0 Å². The summed E-state index contributed by atoms with van der Waals surface area (Å²) in [7, 11) is 0. The van der Waals surface area contributed by atoms with Crippen LogP contribution in [0.2, 0.25) is 0 Å².